The molecule has 0 atom stereocenters. The maximum absolute atomic E-state index is 10.4. The number of carbonyl (C=O) groups is 1. The zero-order valence-corrected chi connectivity index (χ0v) is 11.5. The van der Waals surface area contributed by atoms with Gasteiger partial charge in [0.2, 0.25) is 5.13 Å². The molecule has 0 aromatic carbocycles. The molecule has 94 valence electrons. The minimum absolute atomic E-state index is 0.0364. The number of carboxylic acid groups (broad SMARTS) is 1. The van der Waals surface area contributed by atoms with Crippen molar-refractivity contribution in [3.63, 3.8) is 0 Å². The van der Waals surface area contributed by atoms with E-state index >= 15 is 0 Å². The number of anilines is 1. The first-order valence-electron chi connectivity index (χ1n) is 5.26. The summed E-state index contributed by atoms with van der Waals surface area (Å²) in [6.45, 7) is 0. The SMILES string of the molecule is O=C(O)CSc1nnc(NC2CCSCC2)s1. The predicted molar refractivity (Wildman–Crippen MR) is 72.2 cm³/mol. The number of carboxylic acids is 1. The maximum Gasteiger partial charge on any atom is 0.313 e. The molecule has 1 fully saturated rings. The van der Waals surface area contributed by atoms with Crippen LogP contribution in [0.5, 0.6) is 0 Å². The lowest BCUT2D eigenvalue weighted by Gasteiger charge is -2.21. The third-order valence-corrected chi connectivity index (χ3v) is 5.30. The zero-order chi connectivity index (χ0) is 12.1. The van der Waals surface area contributed by atoms with Crippen LogP contribution in [-0.4, -0.2) is 44.6 Å². The summed E-state index contributed by atoms with van der Waals surface area (Å²) in [4.78, 5) is 10.4. The molecule has 0 spiro atoms. The molecule has 0 unspecified atom stereocenters. The fourth-order valence-electron chi connectivity index (χ4n) is 1.47. The number of nitrogens with zero attached hydrogens (tertiary/aromatic N) is 2. The van der Waals surface area contributed by atoms with Crippen molar-refractivity contribution >= 4 is 46.0 Å². The summed E-state index contributed by atoms with van der Waals surface area (Å²) >= 11 is 4.62. The fraction of sp³-hybridized carbons (Fsp3) is 0.667. The molecule has 0 amide bonds. The second kappa shape index (κ2) is 6.46. The summed E-state index contributed by atoms with van der Waals surface area (Å²) in [6, 6.07) is 0.488. The van der Waals surface area contributed by atoms with E-state index in [9.17, 15) is 4.79 Å². The normalized spacial score (nSPS) is 16.9. The monoisotopic (exact) mass is 291 g/mol. The van der Waals surface area contributed by atoms with E-state index < -0.39 is 5.97 Å². The molecule has 1 aromatic heterocycles. The first-order chi connectivity index (χ1) is 8.24. The van der Waals surface area contributed by atoms with Gasteiger partial charge in [0.05, 0.1) is 5.75 Å². The van der Waals surface area contributed by atoms with Gasteiger partial charge in [-0.15, -0.1) is 10.2 Å². The van der Waals surface area contributed by atoms with Gasteiger partial charge in [0.1, 0.15) is 0 Å². The molecule has 0 bridgehead atoms. The summed E-state index contributed by atoms with van der Waals surface area (Å²) in [5.41, 5.74) is 0. The molecule has 0 radical (unpaired) electrons. The van der Waals surface area contributed by atoms with Crippen molar-refractivity contribution in [2.45, 2.75) is 23.2 Å². The lowest BCUT2D eigenvalue weighted by Crippen LogP contribution is -2.24. The first-order valence-corrected chi connectivity index (χ1v) is 8.22. The van der Waals surface area contributed by atoms with E-state index in [0.29, 0.717) is 10.4 Å². The van der Waals surface area contributed by atoms with E-state index in [1.165, 1.54) is 34.6 Å². The van der Waals surface area contributed by atoms with Crippen LogP contribution in [0.25, 0.3) is 0 Å². The molecule has 0 saturated carbocycles. The second-order valence-corrected chi connectivity index (χ2v) is 7.01. The predicted octanol–water partition coefficient (Wildman–Crippen LogP) is 2.02. The zero-order valence-electron chi connectivity index (χ0n) is 9.09. The molecular weight excluding hydrogens is 278 g/mol. The minimum atomic E-state index is -0.830. The fourth-order valence-corrected chi connectivity index (χ4v) is 4.12. The van der Waals surface area contributed by atoms with Gasteiger partial charge in [-0.2, -0.15) is 11.8 Å². The van der Waals surface area contributed by atoms with Gasteiger partial charge in [-0.1, -0.05) is 23.1 Å². The highest BCUT2D eigenvalue weighted by Gasteiger charge is 2.15. The van der Waals surface area contributed by atoms with Crippen molar-refractivity contribution in [1.29, 1.82) is 0 Å². The largest absolute Gasteiger partial charge is 0.481 e. The average molecular weight is 291 g/mol. The molecule has 2 rings (SSSR count). The van der Waals surface area contributed by atoms with Crippen molar-refractivity contribution in [2.24, 2.45) is 0 Å². The van der Waals surface area contributed by atoms with Crippen molar-refractivity contribution in [3.05, 3.63) is 0 Å². The summed E-state index contributed by atoms with van der Waals surface area (Å²) in [5, 5.41) is 20.7. The van der Waals surface area contributed by atoms with Crippen LogP contribution < -0.4 is 5.32 Å². The van der Waals surface area contributed by atoms with E-state index in [4.69, 9.17) is 5.11 Å². The Labute approximate surface area is 112 Å². The lowest BCUT2D eigenvalue weighted by molar-refractivity contribution is -0.133. The third-order valence-electron chi connectivity index (χ3n) is 2.27. The Bertz CT molecular complexity index is 379. The summed E-state index contributed by atoms with van der Waals surface area (Å²) in [6.07, 6.45) is 2.31. The van der Waals surface area contributed by atoms with E-state index in [1.807, 2.05) is 11.8 Å². The first kappa shape index (κ1) is 13.0. The smallest absolute Gasteiger partial charge is 0.313 e. The molecule has 5 nitrogen and oxygen atoms in total. The molecule has 1 aromatic rings. The van der Waals surface area contributed by atoms with Crippen LogP contribution in [0, 0.1) is 0 Å². The highest BCUT2D eigenvalue weighted by molar-refractivity contribution is 8.01. The Morgan fingerprint density at radius 1 is 1.47 bits per heavy atom. The van der Waals surface area contributed by atoms with Gasteiger partial charge in [0.25, 0.3) is 0 Å². The highest BCUT2D eigenvalue weighted by Crippen LogP contribution is 2.27. The van der Waals surface area contributed by atoms with Gasteiger partial charge in [-0.3, -0.25) is 4.79 Å². The molecule has 8 heteroatoms. The Morgan fingerprint density at radius 3 is 2.94 bits per heavy atom. The number of hydrogen-bond donors (Lipinski definition) is 2. The van der Waals surface area contributed by atoms with Gasteiger partial charge in [-0.25, -0.2) is 0 Å². The number of aliphatic carboxylic acids is 1. The topological polar surface area (TPSA) is 75.1 Å². The standard InChI is InChI=1S/C9H13N3O2S3/c13-7(14)5-16-9-12-11-8(17-9)10-6-1-3-15-4-2-6/h6H,1-5H2,(H,10,11)(H,13,14). The Hall–Kier alpha value is -0.470. The third kappa shape index (κ3) is 4.36. The van der Waals surface area contributed by atoms with Gasteiger partial charge in [0.15, 0.2) is 4.34 Å². The average Bonchev–Trinajstić information content (AvgIpc) is 2.75. The number of hydrogen-bond acceptors (Lipinski definition) is 7. The molecule has 1 aliphatic heterocycles. The van der Waals surface area contributed by atoms with Crippen LogP contribution in [0.4, 0.5) is 5.13 Å². The minimum Gasteiger partial charge on any atom is -0.481 e. The van der Waals surface area contributed by atoms with Crippen LogP contribution in [-0.2, 0) is 4.79 Å². The van der Waals surface area contributed by atoms with Gasteiger partial charge in [-0.05, 0) is 24.3 Å². The van der Waals surface area contributed by atoms with E-state index in [0.717, 1.165) is 18.0 Å². The van der Waals surface area contributed by atoms with Crippen molar-refractivity contribution < 1.29 is 9.90 Å². The molecule has 17 heavy (non-hydrogen) atoms. The van der Waals surface area contributed by atoms with Crippen LogP contribution in [0.15, 0.2) is 4.34 Å². The summed E-state index contributed by atoms with van der Waals surface area (Å²) in [7, 11) is 0. The molecule has 2 N–H and O–H groups in total. The number of thioether (sulfide) groups is 2. The van der Waals surface area contributed by atoms with Gasteiger partial charge in [0, 0.05) is 6.04 Å². The molecule has 1 saturated heterocycles. The van der Waals surface area contributed by atoms with E-state index in [-0.39, 0.29) is 5.75 Å². The summed E-state index contributed by atoms with van der Waals surface area (Å²) < 4.78 is 0.708. The van der Waals surface area contributed by atoms with Gasteiger partial charge >= 0.3 is 5.97 Å². The van der Waals surface area contributed by atoms with Crippen LogP contribution in [0.3, 0.4) is 0 Å². The quantitative estimate of drug-likeness (QED) is 0.804. The van der Waals surface area contributed by atoms with Crippen LogP contribution >= 0.6 is 34.9 Å². The number of nitrogens with one attached hydrogen (secondary N) is 1. The molecular formula is C9H13N3O2S3. The highest BCUT2D eigenvalue weighted by atomic mass is 32.2. The second-order valence-electron chi connectivity index (χ2n) is 3.59. The molecule has 0 aliphatic carbocycles. The van der Waals surface area contributed by atoms with Gasteiger partial charge < -0.3 is 10.4 Å². The van der Waals surface area contributed by atoms with Crippen LogP contribution in [0.2, 0.25) is 0 Å². The van der Waals surface area contributed by atoms with Crippen molar-refractivity contribution in [1.82, 2.24) is 10.2 Å². The van der Waals surface area contributed by atoms with Crippen LogP contribution in [0.1, 0.15) is 12.8 Å². The Balaban J connectivity index is 1.82. The maximum atomic E-state index is 10.4. The summed E-state index contributed by atoms with van der Waals surface area (Å²) in [5.74, 6) is 1.59. The Kier molecular flexibility index (Phi) is 4.93. The molecule has 1 aliphatic rings. The van der Waals surface area contributed by atoms with Crippen molar-refractivity contribution in [2.75, 3.05) is 22.6 Å². The van der Waals surface area contributed by atoms with E-state index in [1.54, 1.807) is 0 Å². The molecule has 2 heterocycles. The number of aromatic nitrogens is 2. The van der Waals surface area contributed by atoms with Crippen molar-refractivity contribution in [3.8, 4) is 0 Å². The van der Waals surface area contributed by atoms with E-state index in [2.05, 4.69) is 15.5 Å². The number of rotatable bonds is 5. The Morgan fingerprint density at radius 2 is 2.24 bits per heavy atom. The lowest BCUT2D eigenvalue weighted by atomic mass is 10.2.